The lowest BCUT2D eigenvalue weighted by atomic mass is 10.3. The van der Waals surface area contributed by atoms with E-state index in [1.807, 2.05) is 0 Å². The number of benzene rings is 1. The van der Waals surface area contributed by atoms with Gasteiger partial charge in [-0.1, -0.05) is 24.6 Å². The van der Waals surface area contributed by atoms with Crippen molar-refractivity contribution in [3.63, 3.8) is 0 Å². The molecule has 1 aromatic carbocycles. The van der Waals surface area contributed by atoms with Crippen LogP contribution in [-0.4, -0.2) is 56.2 Å². The Bertz CT molecular complexity index is 821. The Morgan fingerprint density at radius 2 is 1.88 bits per heavy atom. The van der Waals surface area contributed by atoms with E-state index >= 15 is 0 Å². The second-order valence-electron chi connectivity index (χ2n) is 5.76. The first-order chi connectivity index (χ1) is 12.0. The molecule has 2 heterocycles. The fourth-order valence-corrected chi connectivity index (χ4v) is 3.97. The zero-order valence-electron chi connectivity index (χ0n) is 13.9. The number of nitrogens with one attached hydrogen (secondary N) is 1. The number of nitrogens with zero attached hydrogens (tertiary/aromatic N) is 4. The van der Waals surface area contributed by atoms with Crippen molar-refractivity contribution in [2.45, 2.75) is 11.8 Å². The average molecular weight is 382 g/mol. The van der Waals surface area contributed by atoms with E-state index in [1.165, 1.54) is 12.1 Å². The fraction of sp³-hybridized carbons (Fsp3) is 0.375. The van der Waals surface area contributed by atoms with Crippen molar-refractivity contribution >= 4 is 33.3 Å². The molecule has 9 heteroatoms. The topological polar surface area (TPSA) is 78.4 Å². The van der Waals surface area contributed by atoms with E-state index in [9.17, 15) is 8.42 Å². The van der Waals surface area contributed by atoms with Crippen LogP contribution in [0.25, 0.3) is 0 Å². The molecule has 2 aromatic rings. The minimum Gasteiger partial charge on any atom is -0.353 e. The van der Waals surface area contributed by atoms with Gasteiger partial charge in [0.05, 0.1) is 4.90 Å². The highest BCUT2D eigenvalue weighted by atomic mass is 35.5. The third kappa shape index (κ3) is 4.39. The maximum atomic E-state index is 12.4. The Morgan fingerprint density at radius 3 is 2.48 bits per heavy atom. The Balaban J connectivity index is 1.68. The van der Waals surface area contributed by atoms with Crippen LogP contribution in [0.15, 0.2) is 41.3 Å². The van der Waals surface area contributed by atoms with Crippen LogP contribution >= 0.6 is 11.6 Å². The molecule has 1 fully saturated rings. The first kappa shape index (κ1) is 17.9. The van der Waals surface area contributed by atoms with Crippen LogP contribution in [0.5, 0.6) is 0 Å². The normalized spacial score (nSPS) is 16.0. The van der Waals surface area contributed by atoms with Crippen molar-refractivity contribution < 1.29 is 8.42 Å². The highest BCUT2D eigenvalue weighted by Gasteiger charge is 2.18. The number of likely N-dealkylation sites (N-methyl/N-ethyl adjacent to an activating group) is 1. The first-order valence-corrected chi connectivity index (χ1v) is 9.93. The first-order valence-electron chi connectivity index (χ1n) is 8.07. The summed E-state index contributed by atoms with van der Waals surface area (Å²) in [6.45, 7) is 6.94. The number of anilines is 2. The summed E-state index contributed by atoms with van der Waals surface area (Å²) in [6.07, 6.45) is 0. The van der Waals surface area contributed by atoms with Gasteiger partial charge in [-0.15, -0.1) is 10.2 Å². The minimum absolute atomic E-state index is 0.0848. The van der Waals surface area contributed by atoms with Crippen LogP contribution in [0.4, 0.5) is 11.6 Å². The monoisotopic (exact) mass is 381 g/mol. The van der Waals surface area contributed by atoms with E-state index in [0.717, 1.165) is 38.5 Å². The smallest absolute Gasteiger partial charge is 0.263 e. The van der Waals surface area contributed by atoms with Crippen LogP contribution in [0.3, 0.4) is 0 Å². The minimum atomic E-state index is -3.74. The molecule has 1 aliphatic heterocycles. The lowest BCUT2D eigenvalue weighted by molar-refractivity contribution is 0.270. The third-order valence-corrected chi connectivity index (χ3v) is 5.73. The molecule has 0 atom stereocenters. The fourth-order valence-electron chi connectivity index (χ4n) is 2.67. The van der Waals surface area contributed by atoms with Crippen molar-refractivity contribution in [3.8, 4) is 0 Å². The lowest BCUT2D eigenvalue weighted by Crippen LogP contribution is -2.46. The number of sulfonamides is 1. The number of halogens is 1. The molecular weight excluding hydrogens is 362 g/mol. The molecule has 0 amide bonds. The van der Waals surface area contributed by atoms with E-state index in [0.29, 0.717) is 5.02 Å². The van der Waals surface area contributed by atoms with Gasteiger partial charge in [0.1, 0.15) is 0 Å². The van der Waals surface area contributed by atoms with Crippen molar-refractivity contribution in [2.75, 3.05) is 42.3 Å². The van der Waals surface area contributed by atoms with E-state index in [-0.39, 0.29) is 10.7 Å². The van der Waals surface area contributed by atoms with Gasteiger partial charge < -0.3 is 9.80 Å². The number of piperazine rings is 1. The predicted octanol–water partition coefficient (Wildman–Crippen LogP) is 2.07. The molecule has 0 unspecified atom stereocenters. The van der Waals surface area contributed by atoms with E-state index in [2.05, 4.69) is 31.6 Å². The van der Waals surface area contributed by atoms with Crippen LogP contribution in [0, 0.1) is 0 Å². The Hall–Kier alpha value is -1.90. The predicted molar refractivity (Wildman–Crippen MR) is 98.6 cm³/mol. The molecule has 3 rings (SSSR count). The lowest BCUT2D eigenvalue weighted by Gasteiger charge is -2.34. The van der Waals surface area contributed by atoms with Gasteiger partial charge in [0, 0.05) is 31.2 Å². The summed E-state index contributed by atoms with van der Waals surface area (Å²) < 4.78 is 27.1. The van der Waals surface area contributed by atoms with Crippen LogP contribution in [-0.2, 0) is 10.0 Å². The molecular formula is C16H20ClN5O2S. The standard InChI is InChI=1S/C16H20ClN5O2S/c1-2-21-8-10-22(11-9-21)16-7-6-15(18-19-16)20-25(23,24)14-5-3-4-13(17)12-14/h3-7,12H,2,8-11H2,1H3,(H,18,20). The van der Waals surface area contributed by atoms with E-state index < -0.39 is 10.0 Å². The Morgan fingerprint density at radius 1 is 1.12 bits per heavy atom. The molecule has 25 heavy (non-hydrogen) atoms. The second-order valence-corrected chi connectivity index (χ2v) is 7.88. The molecule has 0 spiro atoms. The number of hydrogen-bond acceptors (Lipinski definition) is 6. The molecule has 1 saturated heterocycles. The molecule has 0 saturated carbocycles. The van der Waals surface area contributed by atoms with Gasteiger partial charge in [-0.05, 0) is 36.9 Å². The van der Waals surface area contributed by atoms with Crippen LogP contribution in [0.1, 0.15) is 6.92 Å². The van der Waals surface area contributed by atoms with Gasteiger partial charge in [-0.25, -0.2) is 8.42 Å². The molecule has 0 radical (unpaired) electrons. The zero-order chi connectivity index (χ0) is 17.9. The average Bonchev–Trinajstić information content (AvgIpc) is 2.62. The van der Waals surface area contributed by atoms with Crippen LogP contribution < -0.4 is 9.62 Å². The molecule has 1 aromatic heterocycles. The highest BCUT2D eigenvalue weighted by Crippen LogP contribution is 2.19. The third-order valence-electron chi connectivity index (χ3n) is 4.14. The maximum absolute atomic E-state index is 12.4. The SMILES string of the molecule is CCN1CCN(c2ccc(NS(=O)(=O)c3cccc(Cl)c3)nn2)CC1. The summed E-state index contributed by atoms with van der Waals surface area (Å²) >= 11 is 5.85. The molecule has 1 aliphatic rings. The summed E-state index contributed by atoms with van der Waals surface area (Å²) in [4.78, 5) is 4.60. The molecule has 0 bridgehead atoms. The summed E-state index contributed by atoms with van der Waals surface area (Å²) in [5.41, 5.74) is 0. The molecule has 0 aliphatic carbocycles. The largest absolute Gasteiger partial charge is 0.353 e. The Labute approximate surface area is 152 Å². The van der Waals surface area contributed by atoms with Gasteiger partial charge >= 0.3 is 0 Å². The van der Waals surface area contributed by atoms with Crippen LogP contribution in [0.2, 0.25) is 5.02 Å². The van der Waals surface area contributed by atoms with E-state index in [4.69, 9.17) is 11.6 Å². The van der Waals surface area contributed by atoms with Crippen molar-refractivity contribution in [3.05, 3.63) is 41.4 Å². The number of aromatic nitrogens is 2. The zero-order valence-corrected chi connectivity index (χ0v) is 15.5. The maximum Gasteiger partial charge on any atom is 0.263 e. The highest BCUT2D eigenvalue weighted by molar-refractivity contribution is 7.92. The van der Waals surface area contributed by atoms with Gasteiger partial charge in [0.25, 0.3) is 10.0 Å². The number of hydrogen-bond donors (Lipinski definition) is 1. The molecule has 7 nitrogen and oxygen atoms in total. The summed E-state index contributed by atoms with van der Waals surface area (Å²) in [6, 6.07) is 9.47. The molecule has 1 N–H and O–H groups in total. The molecule has 134 valence electrons. The van der Waals surface area contributed by atoms with Gasteiger partial charge in [0.15, 0.2) is 11.6 Å². The summed E-state index contributed by atoms with van der Waals surface area (Å²) in [5, 5.41) is 8.51. The van der Waals surface area contributed by atoms with Crippen molar-refractivity contribution in [1.29, 1.82) is 0 Å². The Kier molecular flexibility index (Phi) is 5.41. The van der Waals surface area contributed by atoms with E-state index in [1.54, 1.807) is 24.3 Å². The number of rotatable bonds is 5. The van der Waals surface area contributed by atoms with Crippen molar-refractivity contribution in [2.24, 2.45) is 0 Å². The second kappa shape index (κ2) is 7.55. The quantitative estimate of drug-likeness (QED) is 0.854. The van der Waals surface area contributed by atoms with Gasteiger partial charge in [-0.3, -0.25) is 4.72 Å². The van der Waals surface area contributed by atoms with Gasteiger partial charge in [-0.2, -0.15) is 0 Å². The summed E-state index contributed by atoms with van der Waals surface area (Å²) in [5.74, 6) is 0.928. The van der Waals surface area contributed by atoms with Crippen molar-refractivity contribution in [1.82, 2.24) is 15.1 Å². The van der Waals surface area contributed by atoms with Gasteiger partial charge in [0.2, 0.25) is 0 Å². The summed E-state index contributed by atoms with van der Waals surface area (Å²) in [7, 11) is -3.74.